The molecule has 2 heterocycles. The molecule has 1 aliphatic heterocycles. The lowest BCUT2D eigenvalue weighted by molar-refractivity contribution is 0.117. The van der Waals surface area contributed by atoms with Gasteiger partial charge in [-0.2, -0.15) is 11.8 Å². The number of hydrogen-bond acceptors (Lipinski definition) is 5. The quantitative estimate of drug-likeness (QED) is 0.879. The molecule has 0 aromatic carbocycles. The Morgan fingerprint density at radius 1 is 1.73 bits per heavy atom. The Morgan fingerprint density at radius 2 is 2.60 bits per heavy atom. The third-order valence-electron chi connectivity index (χ3n) is 2.62. The van der Waals surface area contributed by atoms with Gasteiger partial charge in [-0.3, -0.25) is 0 Å². The first-order chi connectivity index (χ1) is 7.33. The van der Waals surface area contributed by atoms with Crippen LogP contribution in [0.3, 0.4) is 0 Å². The maximum absolute atomic E-state index is 5.33. The van der Waals surface area contributed by atoms with E-state index in [1.807, 2.05) is 11.8 Å². The highest BCUT2D eigenvalue weighted by Crippen LogP contribution is 2.26. The molecule has 1 aromatic rings. The zero-order valence-corrected chi connectivity index (χ0v) is 10.7. The minimum atomic E-state index is 0.348. The first-order valence-corrected chi connectivity index (χ1v) is 7.30. The summed E-state index contributed by atoms with van der Waals surface area (Å²) in [5.41, 5.74) is 1.18. The van der Waals surface area contributed by atoms with Crippen LogP contribution in [0, 0.1) is 0 Å². The Kier molecular flexibility index (Phi) is 4.02. The van der Waals surface area contributed by atoms with Crippen molar-refractivity contribution in [2.24, 2.45) is 0 Å². The molecule has 15 heavy (non-hydrogen) atoms. The third-order valence-corrected chi connectivity index (χ3v) is 4.23. The minimum absolute atomic E-state index is 0.348. The van der Waals surface area contributed by atoms with Gasteiger partial charge in [-0.1, -0.05) is 0 Å². The van der Waals surface area contributed by atoms with Crippen LogP contribution in [0.15, 0.2) is 5.38 Å². The molecule has 1 aromatic heterocycles. The average Bonchev–Trinajstić information content (AvgIpc) is 2.85. The predicted molar refractivity (Wildman–Crippen MR) is 65.5 cm³/mol. The van der Waals surface area contributed by atoms with E-state index in [1.54, 1.807) is 18.4 Å². The van der Waals surface area contributed by atoms with E-state index in [0.717, 1.165) is 18.7 Å². The normalized spacial score (nSPS) is 26.0. The average molecular weight is 244 g/mol. The van der Waals surface area contributed by atoms with Crippen molar-refractivity contribution in [3.63, 3.8) is 0 Å². The smallest absolute Gasteiger partial charge is 0.103 e. The number of nitrogens with zero attached hydrogens (tertiary/aromatic N) is 1. The summed E-state index contributed by atoms with van der Waals surface area (Å²) in [6, 6.07) is 0.391. The molecule has 0 aliphatic carbocycles. The van der Waals surface area contributed by atoms with Crippen LogP contribution in [0.5, 0.6) is 0 Å². The number of aromatic nitrogens is 1. The lowest BCUT2D eigenvalue weighted by Gasteiger charge is -2.06. The number of thioether (sulfide) groups is 1. The van der Waals surface area contributed by atoms with Crippen molar-refractivity contribution in [2.45, 2.75) is 24.3 Å². The van der Waals surface area contributed by atoms with Gasteiger partial charge in [0.05, 0.1) is 17.8 Å². The lowest BCUT2D eigenvalue weighted by atomic mass is 10.1. The van der Waals surface area contributed by atoms with Crippen molar-refractivity contribution in [1.29, 1.82) is 0 Å². The van der Waals surface area contributed by atoms with E-state index in [1.165, 1.54) is 10.7 Å². The molecule has 84 valence electrons. The summed E-state index contributed by atoms with van der Waals surface area (Å²) in [5.74, 6) is 1.02. The molecule has 5 heteroatoms. The molecular weight excluding hydrogens is 228 g/mol. The van der Waals surface area contributed by atoms with Crippen LogP contribution in [0.2, 0.25) is 0 Å². The SMILES string of the molecule is COC1CNC(c2csc(CSC)n2)C1. The number of ether oxygens (including phenoxy) is 1. The Balaban J connectivity index is 1.97. The summed E-state index contributed by atoms with van der Waals surface area (Å²) in [6.07, 6.45) is 3.50. The van der Waals surface area contributed by atoms with Gasteiger partial charge in [0.15, 0.2) is 0 Å². The second kappa shape index (κ2) is 5.30. The van der Waals surface area contributed by atoms with Gasteiger partial charge in [0.1, 0.15) is 5.01 Å². The largest absolute Gasteiger partial charge is 0.380 e. The molecule has 0 spiro atoms. The molecule has 2 unspecified atom stereocenters. The minimum Gasteiger partial charge on any atom is -0.380 e. The van der Waals surface area contributed by atoms with Gasteiger partial charge >= 0.3 is 0 Å². The van der Waals surface area contributed by atoms with E-state index >= 15 is 0 Å². The van der Waals surface area contributed by atoms with E-state index in [2.05, 4.69) is 21.9 Å². The third kappa shape index (κ3) is 2.72. The number of hydrogen-bond donors (Lipinski definition) is 1. The zero-order valence-electron chi connectivity index (χ0n) is 9.03. The van der Waals surface area contributed by atoms with Crippen molar-refractivity contribution in [3.05, 3.63) is 16.1 Å². The zero-order chi connectivity index (χ0) is 10.7. The molecule has 2 rings (SSSR count). The topological polar surface area (TPSA) is 34.1 Å². The van der Waals surface area contributed by atoms with Crippen molar-refractivity contribution in [3.8, 4) is 0 Å². The summed E-state index contributed by atoms with van der Waals surface area (Å²) < 4.78 is 5.33. The fraction of sp³-hybridized carbons (Fsp3) is 0.700. The lowest BCUT2D eigenvalue weighted by Crippen LogP contribution is -2.16. The molecular formula is C10H16N2OS2. The van der Waals surface area contributed by atoms with Crippen LogP contribution < -0.4 is 5.32 Å². The Morgan fingerprint density at radius 3 is 3.27 bits per heavy atom. The van der Waals surface area contributed by atoms with Gasteiger partial charge in [-0.05, 0) is 12.7 Å². The summed E-state index contributed by atoms with van der Waals surface area (Å²) in [6.45, 7) is 0.941. The molecule has 0 radical (unpaired) electrons. The Hall–Kier alpha value is -0.100. The van der Waals surface area contributed by atoms with E-state index in [0.29, 0.717) is 12.1 Å². The van der Waals surface area contributed by atoms with E-state index < -0.39 is 0 Å². The second-order valence-electron chi connectivity index (χ2n) is 3.65. The highest BCUT2D eigenvalue weighted by molar-refractivity contribution is 7.97. The molecule has 1 saturated heterocycles. The molecule has 1 fully saturated rings. The van der Waals surface area contributed by atoms with Gasteiger partial charge in [0.25, 0.3) is 0 Å². The number of rotatable bonds is 4. The highest BCUT2D eigenvalue weighted by atomic mass is 32.2. The summed E-state index contributed by atoms with van der Waals surface area (Å²) in [7, 11) is 1.77. The second-order valence-corrected chi connectivity index (χ2v) is 5.46. The van der Waals surface area contributed by atoms with Crippen molar-refractivity contribution >= 4 is 23.1 Å². The van der Waals surface area contributed by atoms with Crippen LogP contribution in [-0.4, -0.2) is 31.0 Å². The monoisotopic (exact) mass is 244 g/mol. The van der Waals surface area contributed by atoms with Crippen molar-refractivity contribution < 1.29 is 4.74 Å². The van der Waals surface area contributed by atoms with Crippen LogP contribution >= 0.6 is 23.1 Å². The maximum atomic E-state index is 5.33. The molecule has 2 atom stereocenters. The molecule has 1 N–H and O–H groups in total. The van der Waals surface area contributed by atoms with Crippen LogP contribution in [0.25, 0.3) is 0 Å². The highest BCUT2D eigenvalue weighted by Gasteiger charge is 2.26. The van der Waals surface area contributed by atoms with E-state index in [4.69, 9.17) is 4.74 Å². The summed E-state index contributed by atoms with van der Waals surface area (Å²) in [4.78, 5) is 4.63. The van der Waals surface area contributed by atoms with Crippen LogP contribution in [-0.2, 0) is 10.5 Å². The molecule has 1 aliphatic rings. The molecule has 0 amide bonds. The van der Waals surface area contributed by atoms with Crippen LogP contribution in [0.4, 0.5) is 0 Å². The van der Waals surface area contributed by atoms with Crippen molar-refractivity contribution in [2.75, 3.05) is 19.9 Å². The first kappa shape index (κ1) is 11.4. The number of nitrogens with one attached hydrogen (secondary N) is 1. The Labute approximate surface area is 98.6 Å². The first-order valence-electron chi connectivity index (χ1n) is 5.03. The molecule has 0 saturated carbocycles. The van der Waals surface area contributed by atoms with Crippen molar-refractivity contribution in [1.82, 2.24) is 10.3 Å². The Bertz CT molecular complexity index is 316. The fourth-order valence-electron chi connectivity index (χ4n) is 1.78. The van der Waals surface area contributed by atoms with E-state index in [9.17, 15) is 0 Å². The van der Waals surface area contributed by atoms with Crippen LogP contribution in [0.1, 0.15) is 23.2 Å². The van der Waals surface area contributed by atoms with Gasteiger partial charge < -0.3 is 10.1 Å². The fourth-order valence-corrected chi connectivity index (χ4v) is 3.35. The van der Waals surface area contributed by atoms with Gasteiger partial charge in [0.2, 0.25) is 0 Å². The standard InChI is InChI=1S/C10H16N2OS2/c1-13-7-3-8(11-4-7)9-5-15-10(12-9)6-14-2/h5,7-8,11H,3-4,6H2,1-2H3. The summed E-state index contributed by atoms with van der Waals surface area (Å²) >= 11 is 3.58. The summed E-state index contributed by atoms with van der Waals surface area (Å²) in [5, 5.41) is 6.83. The predicted octanol–water partition coefficient (Wildman–Crippen LogP) is 2.06. The van der Waals surface area contributed by atoms with Gasteiger partial charge in [0, 0.05) is 24.8 Å². The number of methoxy groups -OCH3 is 1. The van der Waals surface area contributed by atoms with Gasteiger partial charge in [-0.15, -0.1) is 11.3 Å². The number of thiazole rings is 1. The van der Waals surface area contributed by atoms with Gasteiger partial charge in [-0.25, -0.2) is 4.98 Å². The molecule has 3 nitrogen and oxygen atoms in total. The molecule has 0 bridgehead atoms. The van der Waals surface area contributed by atoms with E-state index in [-0.39, 0.29) is 0 Å². The maximum Gasteiger partial charge on any atom is 0.103 e.